The van der Waals surface area contributed by atoms with Crippen LogP contribution in [0, 0.1) is 9.39 Å². The average Bonchev–Trinajstić information content (AvgIpc) is 2.91. The predicted octanol–water partition coefficient (Wildman–Crippen LogP) is 5.00. The van der Waals surface area contributed by atoms with Gasteiger partial charge in [-0.3, -0.25) is 4.68 Å². The molecule has 0 fully saturated rings. The van der Waals surface area contributed by atoms with Crippen molar-refractivity contribution >= 4 is 34.2 Å². The van der Waals surface area contributed by atoms with Crippen molar-refractivity contribution in [2.45, 2.75) is 6.54 Å². The number of halogens is 3. The van der Waals surface area contributed by atoms with Crippen LogP contribution in [-0.4, -0.2) is 9.78 Å². The smallest absolute Gasteiger partial charge is 0.129 e. The van der Waals surface area contributed by atoms with E-state index in [9.17, 15) is 4.39 Å². The molecule has 0 radical (unpaired) electrons. The van der Waals surface area contributed by atoms with E-state index in [0.29, 0.717) is 17.1 Å². The monoisotopic (exact) mass is 412 g/mol. The molecule has 21 heavy (non-hydrogen) atoms. The van der Waals surface area contributed by atoms with Crippen LogP contribution in [0.25, 0.3) is 11.1 Å². The minimum atomic E-state index is -0.311. The third-order valence-electron chi connectivity index (χ3n) is 3.17. The summed E-state index contributed by atoms with van der Waals surface area (Å²) >= 11 is 8.05. The van der Waals surface area contributed by atoms with Crippen molar-refractivity contribution in [1.29, 1.82) is 0 Å². The molecule has 1 heterocycles. The molecule has 0 bridgehead atoms. The third kappa shape index (κ3) is 3.27. The highest BCUT2D eigenvalue weighted by molar-refractivity contribution is 14.1. The minimum Gasteiger partial charge on any atom is -0.268 e. The van der Waals surface area contributed by atoms with Gasteiger partial charge in [-0.05, 0) is 46.4 Å². The van der Waals surface area contributed by atoms with Crippen molar-refractivity contribution in [3.05, 3.63) is 74.8 Å². The summed E-state index contributed by atoms with van der Waals surface area (Å²) in [5, 5.41) is 4.71. The lowest BCUT2D eigenvalue weighted by Gasteiger charge is -2.04. The van der Waals surface area contributed by atoms with E-state index in [1.54, 1.807) is 23.0 Å². The lowest BCUT2D eigenvalue weighted by atomic mass is 10.1. The van der Waals surface area contributed by atoms with Crippen LogP contribution in [0.5, 0.6) is 0 Å². The summed E-state index contributed by atoms with van der Waals surface area (Å²) in [5.74, 6) is -0.311. The van der Waals surface area contributed by atoms with E-state index in [1.807, 2.05) is 30.5 Å². The van der Waals surface area contributed by atoms with Crippen LogP contribution in [0.2, 0.25) is 5.02 Å². The molecule has 0 unspecified atom stereocenters. The Morgan fingerprint density at radius 2 is 2.00 bits per heavy atom. The molecule has 5 heteroatoms. The molecule has 2 nitrogen and oxygen atoms in total. The Morgan fingerprint density at radius 3 is 2.76 bits per heavy atom. The maximum absolute atomic E-state index is 13.8. The van der Waals surface area contributed by atoms with Crippen LogP contribution in [0.1, 0.15) is 5.56 Å². The van der Waals surface area contributed by atoms with Crippen molar-refractivity contribution < 1.29 is 4.39 Å². The quantitative estimate of drug-likeness (QED) is 0.554. The van der Waals surface area contributed by atoms with E-state index in [2.05, 4.69) is 27.7 Å². The van der Waals surface area contributed by atoms with Crippen LogP contribution in [-0.2, 0) is 6.54 Å². The molecule has 2 aromatic carbocycles. The normalized spacial score (nSPS) is 10.8. The Hall–Kier alpha value is -1.40. The Labute approximate surface area is 140 Å². The molecule has 3 rings (SSSR count). The molecule has 0 aliphatic rings. The van der Waals surface area contributed by atoms with Gasteiger partial charge in [-0.15, -0.1) is 0 Å². The largest absolute Gasteiger partial charge is 0.268 e. The summed E-state index contributed by atoms with van der Waals surface area (Å²) in [5.41, 5.74) is 2.71. The Balaban J connectivity index is 1.87. The zero-order valence-electron chi connectivity index (χ0n) is 10.9. The zero-order chi connectivity index (χ0) is 14.8. The van der Waals surface area contributed by atoms with Crippen molar-refractivity contribution in [2.75, 3.05) is 0 Å². The number of rotatable bonds is 3. The number of aromatic nitrogens is 2. The fraction of sp³-hybridized carbons (Fsp3) is 0.0625. The van der Waals surface area contributed by atoms with Gasteiger partial charge in [-0.2, -0.15) is 5.10 Å². The van der Waals surface area contributed by atoms with Crippen LogP contribution in [0.3, 0.4) is 0 Å². The SMILES string of the molecule is Fc1cc(Cl)ccc1Cn1cc(-c2ccccc2I)cn1. The van der Waals surface area contributed by atoms with E-state index in [4.69, 9.17) is 11.6 Å². The summed E-state index contributed by atoms with van der Waals surface area (Å²) in [4.78, 5) is 0. The Bertz CT molecular complexity index is 785. The molecular formula is C16H11ClFIN2. The van der Waals surface area contributed by atoms with Crippen LogP contribution in [0.15, 0.2) is 54.9 Å². The Kier molecular flexibility index (Phi) is 4.26. The highest BCUT2D eigenvalue weighted by Crippen LogP contribution is 2.24. The first-order chi connectivity index (χ1) is 10.1. The molecule has 0 spiro atoms. The molecule has 0 atom stereocenters. The van der Waals surface area contributed by atoms with Gasteiger partial charge in [0.15, 0.2) is 0 Å². The molecule has 0 N–H and O–H groups in total. The molecule has 1 aromatic heterocycles. The van der Waals surface area contributed by atoms with E-state index in [0.717, 1.165) is 14.7 Å². The maximum Gasteiger partial charge on any atom is 0.129 e. The second-order valence-corrected chi connectivity index (χ2v) is 6.24. The van der Waals surface area contributed by atoms with E-state index in [1.165, 1.54) is 6.07 Å². The average molecular weight is 413 g/mol. The van der Waals surface area contributed by atoms with Crippen LogP contribution < -0.4 is 0 Å². The molecule has 0 saturated heterocycles. The van der Waals surface area contributed by atoms with Crippen molar-refractivity contribution in [1.82, 2.24) is 9.78 Å². The molecule has 106 valence electrons. The second-order valence-electron chi connectivity index (χ2n) is 4.64. The molecule has 0 amide bonds. The molecule has 0 saturated carbocycles. The number of hydrogen-bond donors (Lipinski definition) is 0. The number of nitrogens with zero attached hydrogens (tertiary/aromatic N) is 2. The van der Waals surface area contributed by atoms with Gasteiger partial charge in [0, 0.05) is 25.9 Å². The molecular weight excluding hydrogens is 402 g/mol. The lowest BCUT2D eigenvalue weighted by Crippen LogP contribution is -2.02. The summed E-state index contributed by atoms with van der Waals surface area (Å²) in [6.45, 7) is 0.381. The second kappa shape index (κ2) is 6.15. The summed E-state index contributed by atoms with van der Waals surface area (Å²) in [6.07, 6.45) is 3.72. The zero-order valence-corrected chi connectivity index (χ0v) is 13.8. The topological polar surface area (TPSA) is 17.8 Å². The third-order valence-corrected chi connectivity index (χ3v) is 4.34. The highest BCUT2D eigenvalue weighted by Gasteiger charge is 2.08. The summed E-state index contributed by atoms with van der Waals surface area (Å²) in [6, 6.07) is 12.8. The van der Waals surface area contributed by atoms with Crippen LogP contribution in [0.4, 0.5) is 4.39 Å². The van der Waals surface area contributed by atoms with Gasteiger partial charge in [-0.25, -0.2) is 4.39 Å². The lowest BCUT2D eigenvalue weighted by molar-refractivity contribution is 0.585. The van der Waals surface area contributed by atoms with E-state index < -0.39 is 0 Å². The molecule has 0 aliphatic carbocycles. The summed E-state index contributed by atoms with van der Waals surface area (Å²) < 4.78 is 16.7. The maximum atomic E-state index is 13.8. The van der Waals surface area contributed by atoms with Crippen LogP contribution >= 0.6 is 34.2 Å². The van der Waals surface area contributed by atoms with Crippen molar-refractivity contribution in [2.24, 2.45) is 0 Å². The summed E-state index contributed by atoms with van der Waals surface area (Å²) in [7, 11) is 0. The number of benzene rings is 2. The van der Waals surface area contributed by atoms with Gasteiger partial charge in [-0.1, -0.05) is 35.9 Å². The van der Waals surface area contributed by atoms with E-state index in [-0.39, 0.29) is 5.82 Å². The van der Waals surface area contributed by atoms with Gasteiger partial charge >= 0.3 is 0 Å². The Morgan fingerprint density at radius 1 is 1.19 bits per heavy atom. The predicted molar refractivity (Wildman–Crippen MR) is 90.9 cm³/mol. The van der Waals surface area contributed by atoms with Gasteiger partial charge in [0.05, 0.1) is 12.7 Å². The van der Waals surface area contributed by atoms with Gasteiger partial charge in [0.1, 0.15) is 5.82 Å². The fourth-order valence-electron chi connectivity index (χ4n) is 2.11. The first-order valence-corrected chi connectivity index (χ1v) is 7.80. The number of hydrogen-bond acceptors (Lipinski definition) is 1. The molecule has 3 aromatic rings. The fourth-order valence-corrected chi connectivity index (χ4v) is 2.97. The molecule has 0 aliphatic heterocycles. The minimum absolute atomic E-state index is 0.311. The van der Waals surface area contributed by atoms with E-state index >= 15 is 0 Å². The first-order valence-electron chi connectivity index (χ1n) is 6.35. The van der Waals surface area contributed by atoms with Crippen molar-refractivity contribution in [3.63, 3.8) is 0 Å². The highest BCUT2D eigenvalue weighted by atomic mass is 127. The van der Waals surface area contributed by atoms with Crippen molar-refractivity contribution in [3.8, 4) is 11.1 Å². The van der Waals surface area contributed by atoms with Gasteiger partial charge in [0.25, 0.3) is 0 Å². The standard InChI is InChI=1S/C16H11ClFIN2/c17-13-6-5-11(15(18)7-13)9-21-10-12(8-20-21)14-3-1-2-4-16(14)19/h1-8,10H,9H2. The van der Waals surface area contributed by atoms with Gasteiger partial charge < -0.3 is 0 Å². The van der Waals surface area contributed by atoms with Gasteiger partial charge in [0.2, 0.25) is 0 Å². The first kappa shape index (κ1) is 14.5.